The standard InChI is InChI=1S/C27H33N3O3/c1-4-5-8-18(2)16-28-23-9-6-7-10-25(23)33-21-12-13-22-20(15-21)17-30(27(22)32)24-14-11-19(3)29-26(24)31/h1,12-13,15,23-25,28H,2-3,5-11,14,16-17H2,(H,29,31). The molecule has 4 rings (SSSR count). The highest BCUT2D eigenvalue weighted by Crippen LogP contribution is 2.32. The van der Waals surface area contributed by atoms with E-state index in [1.165, 1.54) is 6.42 Å². The van der Waals surface area contributed by atoms with Crippen molar-refractivity contribution in [3.05, 3.63) is 53.8 Å². The summed E-state index contributed by atoms with van der Waals surface area (Å²) in [4.78, 5) is 27.0. The predicted molar refractivity (Wildman–Crippen MR) is 129 cm³/mol. The van der Waals surface area contributed by atoms with E-state index in [0.29, 0.717) is 37.1 Å². The van der Waals surface area contributed by atoms with Crippen LogP contribution in [0.2, 0.25) is 0 Å². The van der Waals surface area contributed by atoms with Crippen LogP contribution in [0.1, 0.15) is 67.3 Å². The lowest BCUT2D eigenvalue weighted by atomic mass is 9.92. The molecule has 1 saturated carbocycles. The maximum absolute atomic E-state index is 13.0. The minimum absolute atomic E-state index is 0.0700. The van der Waals surface area contributed by atoms with Gasteiger partial charge in [-0.3, -0.25) is 9.59 Å². The third kappa shape index (κ3) is 5.31. The Hall–Kier alpha value is -3.04. The fourth-order valence-corrected chi connectivity index (χ4v) is 4.96. The number of allylic oxidation sites excluding steroid dienone is 1. The number of terminal acetylenes is 1. The number of piperidine rings is 1. The van der Waals surface area contributed by atoms with Gasteiger partial charge in [-0.1, -0.05) is 25.2 Å². The molecule has 2 heterocycles. The van der Waals surface area contributed by atoms with Crippen LogP contribution in [0.15, 0.2) is 42.6 Å². The zero-order valence-electron chi connectivity index (χ0n) is 19.2. The molecule has 2 fully saturated rings. The molecule has 0 aromatic heterocycles. The molecule has 3 aliphatic rings. The second kappa shape index (κ2) is 10.3. The third-order valence-electron chi connectivity index (χ3n) is 6.83. The Morgan fingerprint density at radius 2 is 2.09 bits per heavy atom. The molecule has 0 bridgehead atoms. The van der Waals surface area contributed by atoms with Crippen molar-refractivity contribution in [3.63, 3.8) is 0 Å². The van der Waals surface area contributed by atoms with Crippen molar-refractivity contribution in [1.29, 1.82) is 0 Å². The molecular formula is C27H33N3O3. The van der Waals surface area contributed by atoms with E-state index in [9.17, 15) is 9.59 Å². The van der Waals surface area contributed by atoms with Gasteiger partial charge in [0, 0.05) is 36.8 Å². The molecule has 1 aliphatic carbocycles. The van der Waals surface area contributed by atoms with Gasteiger partial charge in [0.25, 0.3) is 5.91 Å². The summed E-state index contributed by atoms with van der Waals surface area (Å²) in [6.45, 7) is 9.12. The van der Waals surface area contributed by atoms with E-state index in [2.05, 4.69) is 29.7 Å². The quantitative estimate of drug-likeness (QED) is 0.471. The van der Waals surface area contributed by atoms with E-state index in [-0.39, 0.29) is 24.0 Å². The summed E-state index contributed by atoms with van der Waals surface area (Å²) in [5.41, 5.74) is 3.40. The number of ether oxygens (including phenoxy) is 1. The normalized spacial score (nSPS) is 24.8. The van der Waals surface area contributed by atoms with Crippen molar-refractivity contribution in [2.24, 2.45) is 0 Å². The lowest BCUT2D eigenvalue weighted by Gasteiger charge is -2.33. The Balaban J connectivity index is 1.39. The third-order valence-corrected chi connectivity index (χ3v) is 6.83. The molecule has 6 nitrogen and oxygen atoms in total. The molecule has 1 saturated heterocycles. The van der Waals surface area contributed by atoms with E-state index >= 15 is 0 Å². The lowest BCUT2D eigenvalue weighted by Crippen LogP contribution is -2.49. The highest BCUT2D eigenvalue weighted by molar-refractivity contribution is 6.01. The Morgan fingerprint density at radius 1 is 1.27 bits per heavy atom. The summed E-state index contributed by atoms with van der Waals surface area (Å²) in [7, 11) is 0. The molecular weight excluding hydrogens is 414 g/mol. The van der Waals surface area contributed by atoms with Gasteiger partial charge < -0.3 is 20.3 Å². The zero-order chi connectivity index (χ0) is 23.4. The Bertz CT molecular complexity index is 993. The van der Waals surface area contributed by atoms with E-state index in [0.717, 1.165) is 49.1 Å². The molecule has 3 unspecified atom stereocenters. The molecule has 2 N–H and O–H groups in total. The Labute approximate surface area is 196 Å². The van der Waals surface area contributed by atoms with Gasteiger partial charge in [-0.25, -0.2) is 0 Å². The fraction of sp³-hybridized carbons (Fsp3) is 0.481. The molecule has 2 aliphatic heterocycles. The van der Waals surface area contributed by atoms with Gasteiger partial charge in [-0.15, -0.1) is 12.3 Å². The summed E-state index contributed by atoms with van der Waals surface area (Å²) < 4.78 is 6.41. The van der Waals surface area contributed by atoms with Crippen LogP contribution in [-0.4, -0.2) is 41.4 Å². The van der Waals surface area contributed by atoms with Crippen molar-refractivity contribution in [2.45, 2.75) is 76.1 Å². The number of fused-ring (bicyclic) bond motifs is 1. The van der Waals surface area contributed by atoms with Crippen LogP contribution < -0.4 is 15.4 Å². The molecule has 6 heteroatoms. The van der Waals surface area contributed by atoms with Crippen LogP contribution in [0.3, 0.4) is 0 Å². The maximum atomic E-state index is 13.0. The van der Waals surface area contributed by atoms with Gasteiger partial charge in [0.15, 0.2) is 0 Å². The molecule has 1 aromatic rings. The molecule has 1 aromatic carbocycles. The molecule has 0 radical (unpaired) electrons. The highest BCUT2D eigenvalue weighted by Gasteiger charge is 2.38. The minimum atomic E-state index is -0.450. The summed E-state index contributed by atoms with van der Waals surface area (Å²) in [5, 5.41) is 6.39. The number of rotatable bonds is 8. The van der Waals surface area contributed by atoms with Gasteiger partial charge in [0.1, 0.15) is 17.9 Å². The average Bonchev–Trinajstić information content (AvgIpc) is 3.12. The summed E-state index contributed by atoms with van der Waals surface area (Å²) >= 11 is 0. The number of hydrogen-bond acceptors (Lipinski definition) is 4. The van der Waals surface area contributed by atoms with Gasteiger partial charge in [-0.05, 0) is 62.3 Å². The Morgan fingerprint density at radius 3 is 2.88 bits per heavy atom. The second-order valence-electron chi connectivity index (χ2n) is 9.28. The number of benzene rings is 1. The number of nitrogens with one attached hydrogen (secondary N) is 2. The fourth-order valence-electron chi connectivity index (χ4n) is 4.96. The molecule has 174 valence electrons. The number of nitrogens with zero attached hydrogens (tertiary/aromatic N) is 1. The van der Waals surface area contributed by atoms with E-state index < -0.39 is 6.04 Å². The maximum Gasteiger partial charge on any atom is 0.255 e. The van der Waals surface area contributed by atoms with Crippen LogP contribution in [0, 0.1) is 12.3 Å². The van der Waals surface area contributed by atoms with Crippen molar-refractivity contribution < 1.29 is 14.3 Å². The van der Waals surface area contributed by atoms with Gasteiger partial charge >= 0.3 is 0 Å². The smallest absolute Gasteiger partial charge is 0.255 e. The van der Waals surface area contributed by atoms with Crippen LogP contribution >= 0.6 is 0 Å². The number of carbonyl (C=O) groups is 2. The van der Waals surface area contributed by atoms with Crippen LogP contribution in [0.5, 0.6) is 5.75 Å². The van der Waals surface area contributed by atoms with Crippen LogP contribution in [0.25, 0.3) is 0 Å². The SMILES string of the molecule is C#CCCC(=C)CNC1CCCCC1Oc1ccc2c(c1)CN(C1CCC(=C)NC1=O)C2=O. The lowest BCUT2D eigenvalue weighted by molar-refractivity contribution is -0.126. The predicted octanol–water partition coefficient (Wildman–Crippen LogP) is 3.68. The van der Waals surface area contributed by atoms with Crippen molar-refractivity contribution >= 4 is 11.8 Å². The Kier molecular flexibility index (Phi) is 7.20. The molecule has 2 amide bonds. The summed E-state index contributed by atoms with van der Waals surface area (Å²) in [6.07, 6.45) is 12.6. The minimum Gasteiger partial charge on any atom is -0.489 e. The van der Waals surface area contributed by atoms with Gasteiger partial charge in [0.05, 0.1) is 0 Å². The first-order chi connectivity index (χ1) is 16.0. The summed E-state index contributed by atoms with van der Waals surface area (Å²) in [5.74, 6) is 3.20. The highest BCUT2D eigenvalue weighted by atomic mass is 16.5. The first-order valence-electron chi connectivity index (χ1n) is 11.9. The van der Waals surface area contributed by atoms with Crippen molar-refractivity contribution in [1.82, 2.24) is 15.5 Å². The van der Waals surface area contributed by atoms with Crippen LogP contribution in [-0.2, 0) is 11.3 Å². The van der Waals surface area contributed by atoms with E-state index in [1.807, 2.05) is 18.2 Å². The van der Waals surface area contributed by atoms with Crippen molar-refractivity contribution in [2.75, 3.05) is 6.54 Å². The van der Waals surface area contributed by atoms with Crippen molar-refractivity contribution in [3.8, 4) is 18.1 Å². The zero-order valence-corrected chi connectivity index (χ0v) is 19.2. The molecule has 3 atom stereocenters. The second-order valence-corrected chi connectivity index (χ2v) is 9.28. The first kappa shape index (κ1) is 23.1. The average molecular weight is 448 g/mol. The summed E-state index contributed by atoms with van der Waals surface area (Å²) in [6, 6.07) is 5.48. The molecule has 33 heavy (non-hydrogen) atoms. The number of hydrogen-bond donors (Lipinski definition) is 2. The van der Waals surface area contributed by atoms with E-state index in [1.54, 1.807) is 4.90 Å². The van der Waals surface area contributed by atoms with Gasteiger partial charge in [-0.2, -0.15) is 0 Å². The van der Waals surface area contributed by atoms with E-state index in [4.69, 9.17) is 11.2 Å². The number of carbonyl (C=O) groups excluding carboxylic acids is 2. The van der Waals surface area contributed by atoms with Gasteiger partial charge in [0.2, 0.25) is 5.91 Å². The number of amides is 2. The first-order valence-corrected chi connectivity index (χ1v) is 11.9. The topological polar surface area (TPSA) is 70.7 Å². The molecule has 0 spiro atoms. The monoisotopic (exact) mass is 447 g/mol. The van der Waals surface area contributed by atoms with Crippen LogP contribution in [0.4, 0.5) is 0 Å². The largest absolute Gasteiger partial charge is 0.489 e.